The largest absolute Gasteiger partial charge is 0.326 e. The summed E-state index contributed by atoms with van der Waals surface area (Å²) in [5, 5.41) is 14.8. The van der Waals surface area contributed by atoms with Gasteiger partial charge in [0.05, 0.1) is 53.0 Å². The molecule has 1 aliphatic heterocycles. The van der Waals surface area contributed by atoms with Crippen LogP contribution in [-0.2, 0) is 35.9 Å². The molecule has 2 aromatic carbocycles. The summed E-state index contributed by atoms with van der Waals surface area (Å²) in [4.78, 5) is 18.9. The van der Waals surface area contributed by atoms with Gasteiger partial charge in [0.1, 0.15) is 0 Å². The van der Waals surface area contributed by atoms with Crippen molar-refractivity contribution in [2.45, 2.75) is 28.0 Å². The van der Waals surface area contributed by atoms with E-state index in [0.717, 1.165) is 50.5 Å². The molecule has 192 valence electrons. The predicted octanol–water partition coefficient (Wildman–Crippen LogP) is 5.13. The molecule has 0 bridgehead atoms. The number of nitrogens with zero attached hydrogens (tertiary/aromatic N) is 7. The number of carbonyl (C=O) groups excluding carboxylic acids is 1. The second kappa shape index (κ2) is 10.4. The first-order valence-corrected chi connectivity index (χ1v) is 14.4. The van der Waals surface area contributed by atoms with Crippen molar-refractivity contribution in [3.8, 4) is 0 Å². The molecule has 0 aliphatic carbocycles. The third kappa shape index (κ3) is 4.70. The summed E-state index contributed by atoms with van der Waals surface area (Å²) in [6.45, 7) is 0.619. The average Bonchev–Trinajstić information content (AvgIpc) is 3.63. The Morgan fingerprint density at radius 3 is 2.89 bits per heavy atom. The van der Waals surface area contributed by atoms with Crippen molar-refractivity contribution >= 4 is 51.7 Å². The van der Waals surface area contributed by atoms with E-state index in [1.807, 2.05) is 66.5 Å². The highest BCUT2D eigenvalue weighted by atomic mass is 32.2. The van der Waals surface area contributed by atoms with E-state index in [0.29, 0.717) is 18.1 Å². The van der Waals surface area contributed by atoms with Crippen molar-refractivity contribution in [3.05, 3.63) is 89.8 Å². The summed E-state index contributed by atoms with van der Waals surface area (Å²) < 4.78 is 8.77. The molecule has 0 fully saturated rings. The third-order valence-corrected chi connectivity index (χ3v) is 9.25. The fourth-order valence-corrected chi connectivity index (χ4v) is 7.08. The van der Waals surface area contributed by atoms with Crippen LogP contribution in [0.15, 0.2) is 86.5 Å². The van der Waals surface area contributed by atoms with Gasteiger partial charge >= 0.3 is 0 Å². The van der Waals surface area contributed by atoms with Crippen molar-refractivity contribution < 1.29 is 4.79 Å². The first-order chi connectivity index (χ1) is 18.6. The molecular formula is C27H26N8OS2. The number of carbonyl (C=O) groups is 1. The first kappa shape index (κ1) is 24.4. The van der Waals surface area contributed by atoms with Gasteiger partial charge in [0.25, 0.3) is 0 Å². The number of thioether (sulfide) groups is 1. The molecule has 5 aromatic rings. The molecule has 0 radical (unpaired) electrons. The Kier molecular flexibility index (Phi) is 6.69. The molecule has 1 N–H and O–H groups in total. The SMILES string of the molecule is CN(Cc1cccc2[nH]ncc12)/N=C\c1c2c(n(C)c1C=O)N=S2Cn1cnc(CSc2ccccc2)c1. The second-order valence-electron chi connectivity index (χ2n) is 9.00. The van der Waals surface area contributed by atoms with Crippen molar-refractivity contribution in [3.63, 3.8) is 0 Å². The fourth-order valence-electron chi connectivity index (χ4n) is 4.47. The number of aldehydes is 1. The van der Waals surface area contributed by atoms with Gasteiger partial charge in [-0.25, -0.2) is 9.35 Å². The van der Waals surface area contributed by atoms with Crippen LogP contribution in [0.3, 0.4) is 0 Å². The molecule has 3 aromatic heterocycles. The van der Waals surface area contributed by atoms with Gasteiger partial charge in [0.2, 0.25) is 0 Å². The van der Waals surface area contributed by atoms with E-state index in [4.69, 9.17) is 4.36 Å². The Morgan fingerprint density at radius 2 is 2.05 bits per heavy atom. The fraction of sp³-hybridized carbons (Fsp3) is 0.185. The Morgan fingerprint density at radius 1 is 1.18 bits per heavy atom. The summed E-state index contributed by atoms with van der Waals surface area (Å²) in [5.41, 5.74) is 4.58. The molecule has 4 heterocycles. The Labute approximate surface area is 226 Å². The van der Waals surface area contributed by atoms with E-state index < -0.39 is 0 Å². The number of imidazole rings is 1. The quantitative estimate of drug-likeness (QED) is 0.114. The van der Waals surface area contributed by atoms with E-state index in [1.54, 1.807) is 18.0 Å². The number of aromatic nitrogens is 5. The highest BCUT2D eigenvalue weighted by molar-refractivity contribution is 7.98. The van der Waals surface area contributed by atoms with Crippen molar-refractivity contribution in [2.24, 2.45) is 16.5 Å². The lowest BCUT2D eigenvalue weighted by Gasteiger charge is -2.18. The zero-order chi connectivity index (χ0) is 26.1. The summed E-state index contributed by atoms with van der Waals surface area (Å²) in [5.74, 6) is 2.35. The van der Waals surface area contributed by atoms with Crippen molar-refractivity contribution in [1.29, 1.82) is 0 Å². The number of hydrogen-bond donors (Lipinski definition) is 1. The lowest BCUT2D eigenvalue weighted by molar-refractivity contribution is 0.111. The lowest BCUT2D eigenvalue weighted by Crippen LogP contribution is -2.12. The van der Waals surface area contributed by atoms with Crippen LogP contribution in [-0.4, -0.2) is 48.9 Å². The number of H-pyrrole nitrogens is 1. The molecule has 1 unspecified atom stereocenters. The van der Waals surface area contributed by atoms with Crippen LogP contribution in [0.2, 0.25) is 0 Å². The van der Waals surface area contributed by atoms with Crippen LogP contribution in [0.25, 0.3) is 10.9 Å². The van der Waals surface area contributed by atoms with Gasteiger partial charge in [0, 0.05) is 41.9 Å². The molecule has 0 amide bonds. The Bertz CT molecular complexity index is 1680. The van der Waals surface area contributed by atoms with E-state index in [1.165, 1.54) is 4.90 Å². The van der Waals surface area contributed by atoms with Gasteiger partial charge in [-0.1, -0.05) is 30.3 Å². The van der Waals surface area contributed by atoms with E-state index >= 15 is 0 Å². The molecule has 1 aliphatic rings. The first-order valence-electron chi connectivity index (χ1n) is 12.1. The molecule has 0 saturated carbocycles. The summed E-state index contributed by atoms with van der Waals surface area (Å²) in [7, 11) is 3.43. The summed E-state index contributed by atoms with van der Waals surface area (Å²) in [6, 6.07) is 16.4. The van der Waals surface area contributed by atoms with Crippen molar-refractivity contribution in [1.82, 2.24) is 29.3 Å². The Balaban J connectivity index is 1.17. The number of hydrazone groups is 1. The predicted molar refractivity (Wildman–Crippen MR) is 152 cm³/mol. The zero-order valence-electron chi connectivity index (χ0n) is 21.0. The number of rotatable bonds is 10. The van der Waals surface area contributed by atoms with Crippen LogP contribution in [0.4, 0.5) is 5.82 Å². The van der Waals surface area contributed by atoms with Crippen LogP contribution in [0.1, 0.15) is 27.3 Å². The highest BCUT2D eigenvalue weighted by Gasteiger charge is 2.29. The smallest absolute Gasteiger partial charge is 0.167 e. The molecule has 1 atom stereocenters. The molecule has 38 heavy (non-hydrogen) atoms. The lowest BCUT2D eigenvalue weighted by atomic mass is 10.1. The summed E-state index contributed by atoms with van der Waals surface area (Å²) in [6.07, 6.45) is 8.46. The molecule has 6 rings (SSSR count). The van der Waals surface area contributed by atoms with E-state index in [9.17, 15) is 4.79 Å². The minimum atomic E-state index is -0.378. The Hall–Kier alpha value is -3.96. The number of hydrogen-bond acceptors (Lipinski definition) is 7. The number of aromatic amines is 1. The standard InChI is InChI=1S/C27H26N8OS2/c1-33(13-19-7-6-10-24-22(19)11-29-31-24)30-12-23-25(15-36)34(2)27-26(23)38(32-27)18-35-14-20(28-17-35)16-37-21-8-4-3-5-9-21/h3-12,14-15,17H,13,16,18H2,1-2H3,(H,29,31)/b30-12-. The van der Waals surface area contributed by atoms with Crippen LogP contribution in [0.5, 0.6) is 0 Å². The van der Waals surface area contributed by atoms with E-state index in [-0.39, 0.29) is 10.7 Å². The van der Waals surface area contributed by atoms with Gasteiger partial charge in [-0.15, -0.1) is 11.8 Å². The average molecular weight is 543 g/mol. The maximum atomic E-state index is 12.0. The number of fused-ring (bicyclic) bond motifs is 2. The minimum absolute atomic E-state index is 0.378. The normalized spacial score (nSPS) is 14.4. The summed E-state index contributed by atoms with van der Waals surface area (Å²) >= 11 is 1.77. The topological polar surface area (TPSA) is 96.5 Å². The molecular weight excluding hydrogens is 516 g/mol. The molecule has 11 heteroatoms. The molecule has 0 spiro atoms. The van der Waals surface area contributed by atoms with E-state index in [2.05, 4.69) is 49.2 Å². The van der Waals surface area contributed by atoms with Gasteiger partial charge < -0.3 is 9.13 Å². The van der Waals surface area contributed by atoms with Gasteiger partial charge in [-0.2, -0.15) is 10.2 Å². The number of nitrogens with one attached hydrogen (secondary N) is 1. The van der Waals surface area contributed by atoms with Crippen LogP contribution in [0, 0.1) is 0 Å². The van der Waals surface area contributed by atoms with Gasteiger partial charge in [-0.05, 0) is 34.5 Å². The maximum absolute atomic E-state index is 12.0. The van der Waals surface area contributed by atoms with Gasteiger partial charge in [-0.3, -0.25) is 14.9 Å². The molecule has 0 saturated heterocycles. The monoisotopic (exact) mass is 542 g/mol. The van der Waals surface area contributed by atoms with Crippen LogP contribution >= 0.6 is 11.8 Å². The highest BCUT2D eigenvalue weighted by Crippen LogP contribution is 2.41. The third-order valence-electron chi connectivity index (χ3n) is 6.39. The second-order valence-corrected chi connectivity index (χ2v) is 11.6. The number of benzene rings is 2. The molecule has 9 nitrogen and oxygen atoms in total. The van der Waals surface area contributed by atoms with Crippen molar-refractivity contribution in [2.75, 3.05) is 7.05 Å². The zero-order valence-corrected chi connectivity index (χ0v) is 22.6. The van der Waals surface area contributed by atoms with Crippen LogP contribution < -0.4 is 0 Å². The maximum Gasteiger partial charge on any atom is 0.167 e. The van der Waals surface area contributed by atoms with Gasteiger partial charge in [0.15, 0.2) is 12.1 Å². The minimum Gasteiger partial charge on any atom is -0.326 e.